The second-order valence-electron chi connectivity index (χ2n) is 5.76. The van der Waals surface area contributed by atoms with Crippen molar-refractivity contribution in [3.8, 4) is 0 Å². The van der Waals surface area contributed by atoms with Gasteiger partial charge in [0.2, 0.25) is 0 Å². The Balaban J connectivity index is 1.45. The standard InChI is InChI=1S/C13H23NO2/c15-13-3-1-2-10(13)6-7-14-8-11-4-5-12(9-14)16-11/h10-13,15H,1-9H2. The first kappa shape index (κ1) is 11.0. The van der Waals surface area contributed by atoms with Crippen LogP contribution in [0.3, 0.4) is 0 Å². The molecule has 4 unspecified atom stereocenters. The fourth-order valence-electron chi connectivity index (χ4n) is 3.58. The first-order valence-corrected chi connectivity index (χ1v) is 6.87. The van der Waals surface area contributed by atoms with Crippen LogP contribution in [0.2, 0.25) is 0 Å². The monoisotopic (exact) mass is 225 g/mol. The Morgan fingerprint density at radius 1 is 1.06 bits per heavy atom. The summed E-state index contributed by atoms with van der Waals surface area (Å²) in [5.41, 5.74) is 0. The van der Waals surface area contributed by atoms with Gasteiger partial charge in [-0.05, 0) is 44.6 Å². The van der Waals surface area contributed by atoms with Crippen molar-refractivity contribution in [2.75, 3.05) is 19.6 Å². The van der Waals surface area contributed by atoms with E-state index in [0.29, 0.717) is 18.1 Å². The van der Waals surface area contributed by atoms with E-state index in [2.05, 4.69) is 4.90 Å². The zero-order valence-electron chi connectivity index (χ0n) is 9.98. The largest absolute Gasteiger partial charge is 0.393 e. The summed E-state index contributed by atoms with van der Waals surface area (Å²) in [5, 5.41) is 9.79. The van der Waals surface area contributed by atoms with Gasteiger partial charge in [0, 0.05) is 13.1 Å². The lowest BCUT2D eigenvalue weighted by Gasteiger charge is -2.32. The molecule has 1 saturated carbocycles. The Hall–Kier alpha value is -0.120. The molecular formula is C13H23NO2. The molecule has 0 aromatic carbocycles. The summed E-state index contributed by atoms with van der Waals surface area (Å²) < 4.78 is 5.83. The SMILES string of the molecule is OC1CCCC1CCN1CC2CCC(C1)O2. The molecule has 1 aliphatic carbocycles. The van der Waals surface area contributed by atoms with Gasteiger partial charge in [-0.15, -0.1) is 0 Å². The average Bonchev–Trinajstić information content (AvgIpc) is 2.83. The molecule has 2 heterocycles. The van der Waals surface area contributed by atoms with Gasteiger partial charge in [-0.3, -0.25) is 4.90 Å². The highest BCUT2D eigenvalue weighted by Gasteiger charge is 2.34. The fraction of sp³-hybridized carbons (Fsp3) is 1.00. The Morgan fingerprint density at radius 3 is 2.44 bits per heavy atom. The zero-order chi connectivity index (χ0) is 11.0. The number of nitrogens with zero attached hydrogens (tertiary/aromatic N) is 1. The molecular weight excluding hydrogens is 202 g/mol. The number of hydrogen-bond donors (Lipinski definition) is 1. The predicted molar refractivity (Wildman–Crippen MR) is 62.3 cm³/mol. The minimum atomic E-state index is -0.0160. The first-order valence-electron chi connectivity index (χ1n) is 6.87. The molecule has 0 aromatic heterocycles. The van der Waals surface area contributed by atoms with Crippen molar-refractivity contribution < 1.29 is 9.84 Å². The number of rotatable bonds is 3. The Labute approximate surface area is 97.8 Å². The highest BCUT2D eigenvalue weighted by Crippen LogP contribution is 2.30. The molecule has 3 fully saturated rings. The van der Waals surface area contributed by atoms with Crippen LogP contribution < -0.4 is 0 Å². The van der Waals surface area contributed by atoms with Gasteiger partial charge >= 0.3 is 0 Å². The van der Waals surface area contributed by atoms with Gasteiger partial charge in [0.15, 0.2) is 0 Å². The number of ether oxygens (including phenoxy) is 1. The first-order chi connectivity index (χ1) is 7.81. The lowest BCUT2D eigenvalue weighted by atomic mass is 10.0. The Kier molecular flexibility index (Phi) is 3.18. The van der Waals surface area contributed by atoms with Crippen LogP contribution >= 0.6 is 0 Å². The number of aliphatic hydroxyl groups excluding tert-OH is 1. The highest BCUT2D eigenvalue weighted by molar-refractivity contribution is 4.86. The molecule has 1 N–H and O–H groups in total. The van der Waals surface area contributed by atoms with Gasteiger partial charge in [0.05, 0.1) is 18.3 Å². The van der Waals surface area contributed by atoms with Crippen LogP contribution in [0.25, 0.3) is 0 Å². The summed E-state index contributed by atoms with van der Waals surface area (Å²) >= 11 is 0. The molecule has 0 aromatic rings. The van der Waals surface area contributed by atoms with E-state index in [1.54, 1.807) is 0 Å². The molecule has 2 bridgehead atoms. The molecule has 2 saturated heterocycles. The van der Waals surface area contributed by atoms with Crippen LogP contribution in [0.5, 0.6) is 0 Å². The predicted octanol–water partition coefficient (Wildman–Crippen LogP) is 1.40. The maximum Gasteiger partial charge on any atom is 0.0707 e. The van der Waals surface area contributed by atoms with Crippen LogP contribution in [0, 0.1) is 5.92 Å². The van der Waals surface area contributed by atoms with Gasteiger partial charge in [-0.1, -0.05) is 6.42 Å². The van der Waals surface area contributed by atoms with Crippen LogP contribution in [-0.2, 0) is 4.74 Å². The van der Waals surface area contributed by atoms with E-state index in [4.69, 9.17) is 4.74 Å². The summed E-state index contributed by atoms with van der Waals surface area (Å²) in [6.45, 7) is 3.41. The van der Waals surface area contributed by atoms with E-state index in [1.807, 2.05) is 0 Å². The zero-order valence-corrected chi connectivity index (χ0v) is 9.98. The third kappa shape index (κ3) is 2.27. The van der Waals surface area contributed by atoms with Crippen molar-refractivity contribution in [3.63, 3.8) is 0 Å². The third-order valence-electron chi connectivity index (χ3n) is 4.55. The number of morpholine rings is 1. The normalized spacial score (nSPS) is 44.1. The molecule has 0 spiro atoms. The molecule has 3 heteroatoms. The molecule has 0 amide bonds. The van der Waals surface area contributed by atoms with Crippen LogP contribution in [0.15, 0.2) is 0 Å². The summed E-state index contributed by atoms with van der Waals surface area (Å²) in [5.74, 6) is 0.570. The van der Waals surface area contributed by atoms with Gasteiger partial charge in [0.1, 0.15) is 0 Å². The Morgan fingerprint density at radius 2 is 1.81 bits per heavy atom. The van der Waals surface area contributed by atoms with Gasteiger partial charge in [-0.2, -0.15) is 0 Å². The summed E-state index contributed by atoms with van der Waals surface area (Å²) in [7, 11) is 0. The quantitative estimate of drug-likeness (QED) is 0.788. The van der Waals surface area contributed by atoms with E-state index in [9.17, 15) is 5.11 Å². The number of likely N-dealkylation sites (tertiary alicyclic amines) is 1. The van der Waals surface area contributed by atoms with E-state index in [1.165, 1.54) is 32.1 Å². The highest BCUT2D eigenvalue weighted by atomic mass is 16.5. The maximum absolute atomic E-state index is 9.79. The van der Waals surface area contributed by atoms with Crippen LogP contribution in [-0.4, -0.2) is 48.0 Å². The van der Waals surface area contributed by atoms with Crippen LogP contribution in [0.1, 0.15) is 38.5 Å². The van der Waals surface area contributed by atoms with Gasteiger partial charge in [0.25, 0.3) is 0 Å². The lowest BCUT2D eigenvalue weighted by Crippen LogP contribution is -2.43. The van der Waals surface area contributed by atoms with E-state index in [0.717, 1.165) is 26.1 Å². The minimum Gasteiger partial charge on any atom is -0.393 e. The molecule has 3 nitrogen and oxygen atoms in total. The maximum atomic E-state index is 9.79. The molecule has 2 aliphatic heterocycles. The van der Waals surface area contributed by atoms with Gasteiger partial charge in [-0.25, -0.2) is 0 Å². The second kappa shape index (κ2) is 4.63. The van der Waals surface area contributed by atoms with E-state index < -0.39 is 0 Å². The van der Waals surface area contributed by atoms with Crippen molar-refractivity contribution in [1.82, 2.24) is 4.90 Å². The van der Waals surface area contributed by atoms with Crippen molar-refractivity contribution in [3.05, 3.63) is 0 Å². The molecule has 16 heavy (non-hydrogen) atoms. The molecule has 0 radical (unpaired) electrons. The minimum absolute atomic E-state index is 0.0160. The summed E-state index contributed by atoms with van der Waals surface area (Å²) in [6, 6.07) is 0. The topological polar surface area (TPSA) is 32.7 Å². The summed E-state index contributed by atoms with van der Waals surface area (Å²) in [6.07, 6.45) is 8.18. The lowest BCUT2D eigenvalue weighted by molar-refractivity contribution is -0.0406. The molecule has 3 aliphatic rings. The average molecular weight is 225 g/mol. The number of hydrogen-bond acceptors (Lipinski definition) is 3. The third-order valence-corrected chi connectivity index (χ3v) is 4.55. The number of fused-ring (bicyclic) bond motifs is 2. The van der Waals surface area contributed by atoms with E-state index >= 15 is 0 Å². The Bertz CT molecular complexity index is 234. The molecule has 3 rings (SSSR count). The van der Waals surface area contributed by atoms with Crippen molar-refractivity contribution in [2.45, 2.75) is 56.8 Å². The molecule has 4 atom stereocenters. The van der Waals surface area contributed by atoms with Gasteiger partial charge < -0.3 is 9.84 Å². The van der Waals surface area contributed by atoms with Crippen LogP contribution in [0.4, 0.5) is 0 Å². The molecule has 92 valence electrons. The second-order valence-corrected chi connectivity index (χ2v) is 5.76. The fourth-order valence-corrected chi connectivity index (χ4v) is 3.58. The smallest absolute Gasteiger partial charge is 0.0707 e. The van der Waals surface area contributed by atoms with Crippen molar-refractivity contribution in [1.29, 1.82) is 0 Å². The van der Waals surface area contributed by atoms with Crippen molar-refractivity contribution in [2.24, 2.45) is 5.92 Å². The van der Waals surface area contributed by atoms with Crippen molar-refractivity contribution >= 4 is 0 Å². The van der Waals surface area contributed by atoms with E-state index in [-0.39, 0.29) is 6.10 Å². The number of aliphatic hydroxyl groups is 1. The summed E-state index contributed by atoms with van der Waals surface area (Å²) in [4.78, 5) is 2.55.